The Morgan fingerprint density at radius 1 is 1.62 bits per heavy atom. The number of hydrogen-bond donors (Lipinski definition) is 2. The summed E-state index contributed by atoms with van der Waals surface area (Å²) < 4.78 is 0. The smallest absolute Gasteiger partial charge is 0.326 e. The van der Waals surface area contributed by atoms with Crippen molar-refractivity contribution in [1.29, 1.82) is 0 Å². The molecular weight excluding hydrogens is 212 g/mol. The van der Waals surface area contributed by atoms with E-state index in [0.717, 1.165) is 4.90 Å². The Morgan fingerprint density at radius 3 is 2.75 bits per heavy atom. The molecule has 1 saturated heterocycles. The molecule has 0 bridgehead atoms. The van der Waals surface area contributed by atoms with Crippen LogP contribution in [0, 0.1) is 12.3 Å². The number of β-amino-alcohol motifs (C(OH)–C–C–N with tert-alkyl or cyclic N) is 1. The first-order valence-corrected chi connectivity index (χ1v) is 4.83. The number of carboxylic acids is 1. The molecule has 0 saturated carbocycles. The summed E-state index contributed by atoms with van der Waals surface area (Å²) in [5, 5.41) is 18.3. The first-order valence-electron chi connectivity index (χ1n) is 4.83. The minimum atomic E-state index is -1.11. The number of likely N-dealkylation sites (tertiary alicyclic amines) is 1. The highest BCUT2D eigenvalue weighted by atomic mass is 16.4. The molecule has 6 nitrogen and oxygen atoms in total. The number of terminal acetylenes is 1. The van der Waals surface area contributed by atoms with Gasteiger partial charge in [-0.1, -0.05) is 5.92 Å². The van der Waals surface area contributed by atoms with Crippen molar-refractivity contribution in [3.8, 4) is 12.3 Å². The topological polar surface area (TPSA) is 81.1 Å². The van der Waals surface area contributed by atoms with E-state index in [1.165, 1.54) is 11.9 Å². The van der Waals surface area contributed by atoms with E-state index in [-0.39, 0.29) is 19.5 Å². The first-order chi connectivity index (χ1) is 7.47. The minimum absolute atomic E-state index is 0.0325. The molecule has 0 unspecified atom stereocenters. The Hall–Kier alpha value is -1.74. The zero-order valence-electron chi connectivity index (χ0n) is 8.96. The number of aliphatic carboxylic acids is 1. The summed E-state index contributed by atoms with van der Waals surface area (Å²) in [4.78, 5) is 25.0. The van der Waals surface area contributed by atoms with Gasteiger partial charge in [-0.05, 0) is 0 Å². The Kier molecular flexibility index (Phi) is 3.74. The summed E-state index contributed by atoms with van der Waals surface area (Å²) in [6.45, 7) is 0.141. The van der Waals surface area contributed by atoms with Gasteiger partial charge in [-0.2, -0.15) is 0 Å². The van der Waals surface area contributed by atoms with Crippen molar-refractivity contribution in [3.05, 3.63) is 0 Å². The molecule has 0 aromatic rings. The fourth-order valence-electron chi connectivity index (χ4n) is 1.68. The molecule has 2 atom stereocenters. The van der Waals surface area contributed by atoms with Gasteiger partial charge in [0, 0.05) is 20.0 Å². The average molecular weight is 226 g/mol. The minimum Gasteiger partial charge on any atom is -0.480 e. The number of amides is 2. The number of carboxylic acid groups (broad SMARTS) is 1. The van der Waals surface area contributed by atoms with Gasteiger partial charge in [0.2, 0.25) is 0 Å². The van der Waals surface area contributed by atoms with Crippen LogP contribution in [0.4, 0.5) is 4.79 Å². The molecule has 1 heterocycles. The highest BCUT2D eigenvalue weighted by Crippen LogP contribution is 2.19. The first kappa shape index (κ1) is 12.3. The second-order valence-corrected chi connectivity index (χ2v) is 3.74. The Morgan fingerprint density at radius 2 is 2.25 bits per heavy atom. The Labute approximate surface area is 93.4 Å². The highest BCUT2D eigenvalue weighted by Gasteiger charge is 2.39. The lowest BCUT2D eigenvalue weighted by molar-refractivity contribution is -0.141. The van der Waals surface area contributed by atoms with E-state index in [4.69, 9.17) is 11.5 Å². The number of carbonyl (C=O) groups excluding carboxylic acids is 1. The van der Waals surface area contributed by atoms with Crippen LogP contribution in [-0.4, -0.2) is 64.3 Å². The quantitative estimate of drug-likeness (QED) is 0.603. The molecule has 16 heavy (non-hydrogen) atoms. The van der Waals surface area contributed by atoms with E-state index in [2.05, 4.69) is 5.92 Å². The van der Waals surface area contributed by atoms with Crippen molar-refractivity contribution in [2.75, 3.05) is 20.1 Å². The van der Waals surface area contributed by atoms with Crippen molar-refractivity contribution in [3.63, 3.8) is 0 Å². The summed E-state index contributed by atoms with van der Waals surface area (Å²) in [5.41, 5.74) is 0. The van der Waals surface area contributed by atoms with Gasteiger partial charge in [-0.3, -0.25) is 0 Å². The molecule has 1 fully saturated rings. The van der Waals surface area contributed by atoms with Gasteiger partial charge in [-0.25, -0.2) is 9.59 Å². The molecule has 1 aliphatic heterocycles. The van der Waals surface area contributed by atoms with Gasteiger partial charge in [0.15, 0.2) is 0 Å². The zero-order chi connectivity index (χ0) is 12.3. The number of rotatable bonds is 2. The lowest BCUT2D eigenvalue weighted by atomic mass is 10.2. The number of nitrogens with zero attached hydrogens (tertiary/aromatic N) is 2. The van der Waals surface area contributed by atoms with Gasteiger partial charge >= 0.3 is 12.0 Å². The summed E-state index contributed by atoms with van der Waals surface area (Å²) in [7, 11) is 1.49. The third kappa shape index (κ3) is 2.44. The van der Waals surface area contributed by atoms with Crippen LogP contribution in [0.1, 0.15) is 6.42 Å². The molecule has 0 spiro atoms. The average Bonchev–Trinajstić information content (AvgIpc) is 2.59. The van der Waals surface area contributed by atoms with E-state index in [9.17, 15) is 14.7 Å². The maximum Gasteiger partial charge on any atom is 0.326 e. The van der Waals surface area contributed by atoms with Gasteiger partial charge in [0.1, 0.15) is 6.04 Å². The lowest BCUT2D eigenvalue weighted by Gasteiger charge is -2.26. The maximum atomic E-state index is 11.8. The monoisotopic (exact) mass is 226 g/mol. The lowest BCUT2D eigenvalue weighted by Crippen LogP contribution is -2.46. The van der Waals surface area contributed by atoms with E-state index in [0.29, 0.717) is 0 Å². The summed E-state index contributed by atoms with van der Waals surface area (Å²) in [6.07, 6.45) is 4.33. The normalized spacial score (nSPS) is 23.9. The Balaban J connectivity index is 2.75. The van der Waals surface area contributed by atoms with Crippen LogP contribution in [0.2, 0.25) is 0 Å². The third-order valence-corrected chi connectivity index (χ3v) is 2.46. The SMILES string of the molecule is C#CCN(C)C(=O)N1C[C@H](O)C[C@H]1C(=O)O. The largest absolute Gasteiger partial charge is 0.480 e. The van der Waals surface area contributed by atoms with E-state index >= 15 is 0 Å². The number of hydrogen-bond acceptors (Lipinski definition) is 3. The van der Waals surface area contributed by atoms with Gasteiger partial charge in [-0.15, -0.1) is 6.42 Å². The number of aliphatic hydroxyl groups excluding tert-OH is 1. The zero-order valence-corrected chi connectivity index (χ0v) is 8.96. The standard InChI is InChI=1S/C10H14N2O4/c1-3-4-11(2)10(16)12-6-7(13)5-8(12)9(14)15/h1,7-8,13H,4-6H2,2H3,(H,14,15)/t7-,8+/m1/s1. The van der Waals surface area contributed by atoms with Crippen LogP contribution in [0.5, 0.6) is 0 Å². The van der Waals surface area contributed by atoms with Crippen molar-refractivity contribution < 1.29 is 19.8 Å². The number of urea groups is 1. The van der Waals surface area contributed by atoms with Crippen LogP contribution >= 0.6 is 0 Å². The van der Waals surface area contributed by atoms with Crippen LogP contribution in [0.15, 0.2) is 0 Å². The molecule has 2 amide bonds. The number of aliphatic hydroxyl groups is 1. The second-order valence-electron chi connectivity index (χ2n) is 3.74. The molecule has 0 aliphatic carbocycles. The molecule has 1 aliphatic rings. The van der Waals surface area contributed by atoms with Gasteiger partial charge < -0.3 is 20.0 Å². The highest BCUT2D eigenvalue weighted by molar-refractivity contribution is 5.83. The summed E-state index contributed by atoms with van der Waals surface area (Å²) in [6, 6.07) is -1.44. The van der Waals surface area contributed by atoms with Gasteiger partial charge in [0.05, 0.1) is 12.6 Å². The van der Waals surface area contributed by atoms with Gasteiger partial charge in [0.25, 0.3) is 0 Å². The fourth-order valence-corrected chi connectivity index (χ4v) is 1.68. The van der Waals surface area contributed by atoms with E-state index in [1.807, 2.05) is 0 Å². The predicted octanol–water partition coefficient (Wildman–Crippen LogP) is -0.809. The molecule has 0 aromatic heterocycles. The molecule has 6 heteroatoms. The van der Waals surface area contributed by atoms with Crippen LogP contribution < -0.4 is 0 Å². The van der Waals surface area contributed by atoms with Crippen molar-refractivity contribution in [2.24, 2.45) is 0 Å². The second kappa shape index (κ2) is 4.86. The van der Waals surface area contributed by atoms with Crippen LogP contribution in [0.25, 0.3) is 0 Å². The molecule has 0 aromatic carbocycles. The predicted molar refractivity (Wildman–Crippen MR) is 55.6 cm³/mol. The molecule has 88 valence electrons. The van der Waals surface area contributed by atoms with Crippen molar-refractivity contribution >= 4 is 12.0 Å². The van der Waals surface area contributed by atoms with Crippen molar-refractivity contribution in [2.45, 2.75) is 18.6 Å². The molecule has 1 rings (SSSR count). The molecule has 2 N–H and O–H groups in total. The van der Waals surface area contributed by atoms with Crippen molar-refractivity contribution in [1.82, 2.24) is 9.80 Å². The van der Waals surface area contributed by atoms with E-state index < -0.39 is 24.1 Å². The summed E-state index contributed by atoms with van der Waals surface area (Å²) >= 11 is 0. The number of carbonyl (C=O) groups is 2. The molecular formula is C10H14N2O4. The fraction of sp³-hybridized carbons (Fsp3) is 0.600. The van der Waals surface area contributed by atoms with Crippen LogP contribution in [-0.2, 0) is 4.79 Å². The maximum absolute atomic E-state index is 11.8. The third-order valence-electron chi connectivity index (χ3n) is 2.46. The molecule has 0 radical (unpaired) electrons. The summed E-state index contributed by atoms with van der Waals surface area (Å²) in [5.74, 6) is 1.18. The van der Waals surface area contributed by atoms with Crippen LogP contribution in [0.3, 0.4) is 0 Å². The van der Waals surface area contributed by atoms with E-state index in [1.54, 1.807) is 0 Å². The Bertz CT molecular complexity index is 336.